The van der Waals surface area contributed by atoms with E-state index in [0.29, 0.717) is 49.6 Å². The summed E-state index contributed by atoms with van der Waals surface area (Å²) in [6.45, 7) is 2.33. The highest BCUT2D eigenvalue weighted by Crippen LogP contribution is 2.39. The average Bonchev–Trinajstić information content (AvgIpc) is 2.86. The molecule has 0 aromatic heterocycles. The van der Waals surface area contributed by atoms with Crippen molar-refractivity contribution in [1.29, 1.82) is 0 Å². The first kappa shape index (κ1) is 28.3. The summed E-state index contributed by atoms with van der Waals surface area (Å²) < 4.78 is 94.7. The molecule has 0 saturated carbocycles. The van der Waals surface area contributed by atoms with E-state index in [4.69, 9.17) is 9.47 Å². The smallest absolute Gasteiger partial charge is 0.425 e. The van der Waals surface area contributed by atoms with Crippen LogP contribution in [0.15, 0.2) is 53.6 Å². The Morgan fingerprint density at radius 3 is 2.59 bits per heavy atom. The second-order valence-corrected chi connectivity index (χ2v) is 9.24. The van der Waals surface area contributed by atoms with Crippen LogP contribution in [0.25, 0.3) is 6.08 Å². The summed E-state index contributed by atoms with van der Waals surface area (Å²) in [5.74, 6) is -0.984. The number of carboxylic acids is 1. The normalized spacial score (nSPS) is 16.9. The largest absolute Gasteiger partial charge is 0.489 e. The highest BCUT2D eigenvalue weighted by molar-refractivity contribution is 5.87. The lowest BCUT2D eigenvalue weighted by Crippen LogP contribution is -2.34. The first-order valence-corrected chi connectivity index (χ1v) is 12.0. The van der Waals surface area contributed by atoms with Gasteiger partial charge in [0.1, 0.15) is 30.5 Å². The summed E-state index contributed by atoms with van der Waals surface area (Å²) >= 11 is 0. The van der Waals surface area contributed by atoms with E-state index in [1.54, 1.807) is 24.3 Å². The first-order valence-electron chi connectivity index (χ1n) is 12.0. The van der Waals surface area contributed by atoms with Crippen molar-refractivity contribution in [1.82, 2.24) is 4.90 Å². The summed E-state index contributed by atoms with van der Waals surface area (Å²) in [6.07, 6.45) is -7.84. The molecule has 0 aliphatic carbocycles. The van der Waals surface area contributed by atoms with Crippen LogP contribution in [0.1, 0.15) is 30.0 Å². The number of nitrogens with zero attached hydrogens (tertiary/aromatic N) is 1. The summed E-state index contributed by atoms with van der Waals surface area (Å²) in [4.78, 5) is 13.3. The molecule has 210 valence electrons. The quantitative estimate of drug-likeness (QED) is 0.396. The second kappa shape index (κ2) is 11.2. The van der Waals surface area contributed by atoms with Crippen LogP contribution in [-0.4, -0.2) is 54.5 Å². The number of halogens is 6. The van der Waals surface area contributed by atoms with Gasteiger partial charge in [-0.25, -0.2) is 4.79 Å². The van der Waals surface area contributed by atoms with Crippen molar-refractivity contribution in [2.24, 2.45) is 0 Å². The molecule has 0 fully saturated rings. The monoisotopic (exact) mass is 557 g/mol. The zero-order valence-electron chi connectivity index (χ0n) is 20.7. The van der Waals surface area contributed by atoms with Gasteiger partial charge < -0.3 is 19.3 Å². The number of alkyl halides is 6. The van der Waals surface area contributed by atoms with Crippen molar-refractivity contribution in [2.45, 2.75) is 38.4 Å². The fourth-order valence-corrected chi connectivity index (χ4v) is 4.17. The van der Waals surface area contributed by atoms with E-state index in [-0.39, 0.29) is 18.8 Å². The molecule has 0 spiro atoms. The Kier molecular flexibility index (Phi) is 8.15. The predicted octanol–water partition coefficient (Wildman–Crippen LogP) is 6.11. The number of hydrogen-bond acceptors (Lipinski definition) is 5. The number of fused-ring (bicyclic) bond motifs is 1. The summed E-state index contributed by atoms with van der Waals surface area (Å²) in [6, 6.07) is 7.67. The maximum atomic E-state index is 13.3. The van der Waals surface area contributed by atoms with Crippen molar-refractivity contribution < 1.29 is 50.5 Å². The van der Waals surface area contributed by atoms with E-state index >= 15 is 0 Å². The van der Waals surface area contributed by atoms with Crippen LogP contribution < -0.4 is 14.2 Å². The minimum absolute atomic E-state index is 0.185. The fraction of sp³-hybridized carbons (Fsp3) is 0.370. The fourth-order valence-electron chi connectivity index (χ4n) is 4.17. The van der Waals surface area contributed by atoms with Crippen LogP contribution in [0.4, 0.5) is 26.3 Å². The molecular weight excluding hydrogens is 532 g/mol. The molecule has 4 rings (SSSR count). The molecule has 2 heterocycles. The minimum atomic E-state index is -4.90. The van der Waals surface area contributed by atoms with Crippen LogP contribution in [0.5, 0.6) is 17.2 Å². The van der Waals surface area contributed by atoms with E-state index in [1.807, 2.05) is 11.0 Å². The van der Waals surface area contributed by atoms with Gasteiger partial charge in [0, 0.05) is 36.8 Å². The number of carboxylic acid groups (broad SMARTS) is 1. The van der Waals surface area contributed by atoms with E-state index < -0.39 is 35.7 Å². The molecule has 0 amide bonds. The number of hydrogen-bond donors (Lipinski definition) is 1. The SMILES string of the molecule is CC(Oc1cc(COc2ccc3c(c2)OCC(CN2CCC=C(C(=O)O)C2)=C3)ccc1C(F)(F)F)C(F)(F)F. The van der Waals surface area contributed by atoms with Gasteiger partial charge in [-0.15, -0.1) is 0 Å². The zero-order valence-corrected chi connectivity index (χ0v) is 20.7. The summed E-state index contributed by atoms with van der Waals surface area (Å²) in [5.41, 5.74) is 0.980. The lowest BCUT2D eigenvalue weighted by Gasteiger charge is -2.28. The Morgan fingerprint density at radius 1 is 1.13 bits per heavy atom. The average molecular weight is 557 g/mol. The third-order valence-electron chi connectivity index (χ3n) is 6.21. The Labute approximate surface area is 220 Å². The highest BCUT2D eigenvalue weighted by atomic mass is 19.4. The predicted molar refractivity (Wildman–Crippen MR) is 129 cm³/mol. The molecule has 2 aromatic rings. The molecule has 0 bridgehead atoms. The third-order valence-corrected chi connectivity index (χ3v) is 6.21. The highest BCUT2D eigenvalue weighted by Gasteiger charge is 2.41. The molecule has 2 aliphatic heterocycles. The topological polar surface area (TPSA) is 68.2 Å². The van der Waals surface area contributed by atoms with E-state index in [0.717, 1.165) is 29.8 Å². The van der Waals surface area contributed by atoms with E-state index in [9.17, 15) is 36.2 Å². The maximum Gasteiger partial charge on any atom is 0.425 e. The Morgan fingerprint density at radius 2 is 1.90 bits per heavy atom. The molecule has 12 heteroatoms. The molecule has 2 aliphatic rings. The number of aliphatic carboxylic acids is 1. The number of carbonyl (C=O) groups is 1. The van der Waals surface area contributed by atoms with Crippen LogP contribution in [0.3, 0.4) is 0 Å². The molecular formula is C27H25F6NO5. The van der Waals surface area contributed by atoms with Crippen LogP contribution >= 0.6 is 0 Å². The molecule has 1 unspecified atom stereocenters. The standard InChI is InChI=1S/C27H25F6NO5/c1-16(26(28,29)30)39-24-10-17(4-7-22(24)27(31,32)33)14-37-21-6-5-19-9-18(15-38-23(19)11-21)12-34-8-2-3-20(13-34)25(35)36/h3-7,9-11,16H,2,8,12-15H2,1H3,(H,35,36). The Hall–Kier alpha value is -3.67. The minimum Gasteiger partial charge on any atom is -0.489 e. The van der Waals surface area contributed by atoms with Gasteiger partial charge in [0.25, 0.3) is 0 Å². The van der Waals surface area contributed by atoms with Crippen molar-refractivity contribution in [2.75, 3.05) is 26.2 Å². The molecule has 6 nitrogen and oxygen atoms in total. The maximum absolute atomic E-state index is 13.3. The lowest BCUT2D eigenvalue weighted by atomic mass is 10.0. The molecule has 0 saturated heterocycles. The molecule has 39 heavy (non-hydrogen) atoms. The van der Waals surface area contributed by atoms with Crippen LogP contribution in [0.2, 0.25) is 0 Å². The second-order valence-electron chi connectivity index (χ2n) is 9.24. The van der Waals surface area contributed by atoms with Gasteiger partial charge in [0.05, 0.1) is 5.56 Å². The number of benzene rings is 2. The van der Waals surface area contributed by atoms with Crippen molar-refractivity contribution in [3.8, 4) is 17.2 Å². The van der Waals surface area contributed by atoms with Gasteiger partial charge in [-0.1, -0.05) is 12.1 Å². The molecule has 2 aromatic carbocycles. The Balaban J connectivity index is 1.42. The van der Waals surface area contributed by atoms with Gasteiger partial charge in [0.15, 0.2) is 6.10 Å². The molecule has 0 radical (unpaired) electrons. The van der Waals surface area contributed by atoms with E-state index in [1.165, 1.54) is 0 Å². The van der Waals surface area contributed by atoms with Crippen molar-refractivity contribution >= 4 is 12.0 Å². The number of rotatable bonds is 8. The number of ether oxygens (including phenoxy) is 3. The van der Waals surface area contributed by atoms with Gasteiger partial charge >= 0.3 is 18.3 Å². The molecule has 1 atom stereocenters. The van der Waals surface area contributed by atoms with Gasteiger partial charge in [-0.3, -0.25) is 4.90 Å². The van der Waals surface area contributed by atoms with Crippen LogP contribution in [0, 0.1) is 0 Å². The van der Waals surface area contributed by atoms with Crippen LogP contribution in [-0.2, 0) is 17.6 Å². The molecule has 1 N–H and O–H groups in total. The van der Waals surface area contributed by atoms with E-state index in [2.05, 4.69) is 4.74 Å². The lowest BCUT2D eigenvalue weighted by molar-refractivity contribution is -0.191. The van der Waals surface area contributed by atoms with Gasteiger partial charge in [-0.05, 0) is 54.8 Å². The van der Waals surface area contributed by atoms with Gasteiger partial charge in [0.2, 0.25) is 0 Å². The summed E-state index contributed by atoms with van der Waals surface area (Å²) in [5, 5.41) is 9.22. The van der Waals surface area contributed by atoms with Gasteiger partial charge in [-0.2, -0.15) is 26.3 Å². The van der Waals surface area contributed by atoms with Crippen molar-refractivity contribution in [3.05, 3.63) is 70.3 Å². The third kappa shape index (κ3) is 7.25. The Bertz CT molecular complexity index is 1280. The zero-order chi connectivity index (χ0) is 28.4. The van der Waals surface area contributed by atoms with Crippen molar-refractivity contribution in [3.63, 3.8) is 0 Å². The first-order chi connectivity index (χ1) is 18.3. The summed E-state index contributed by atoms with van der Waals surface area (Å²) in [7, 11) is 0.